The van der Waals surface area contributed by atoms with Crippen LogP contribution in [0.2, 0.25) is 0 Å². The molecular formula is C17H19F3N2O3. The second-order valence-corrected chi connectivity index (χ2v) is 5.49. The number of likely N-dealkylation sites (tertiary alicyclic amines) is 1. The van der Waals surface area contributed by atoms with Gasteiger partial charge in [0.05, 0.1) is 12.3 Å². The Morgan fingerprint density at radius 1 is 1.36 bits per heavy atom. The zero-order valence-electron chi connectivity index (χ0n) is 13.7. The Kier molecular flexibility index (Phi) is 6.06. The van der Waals surface area contributed by atoms with E-state index in [1.807, 2.05) is 6.92 Å². The van der Waals surface area contributed by atoms with Crippen LogP contribution < -0.4 is 10.1 Å². The minimum Gasteiger partial charge on any atom is -0.492 e. The average molecular weight is 356 g/mol. The largest absolute Gasteiger partial charge is 0.492 e. The van der Waals surface area contributed by atoms with E-state index in [2.05, 4.69) is 5.32 Å². The van der Waals surface area contributed by atoms with Gasteiger partial charge in [0.15, 0.2) is 0 Å². The maximum atomic E-state index is 12.5. The highest BCUT2D eigenvalue weighted by Gasteiger charge is 2.37. The van der Waals surface area contributed by atoms with Crippen molar-refractivity contribution in [3.63, 3.8) is 0 Å². The highest BCUT2D eigenvalue weighted by Crippen LogP contribution is 2.26. The first-order chi connectivity index (χ1) is 11.8. The van der Waals surface area contributed by atoms with Crippen molar-refractivity contribution in [1.82, 2.24) is 4.90 Å². The third kappa shape index (κ3) is 4.98. The Morgan fingerprint density at radius 2 is 2.08 bits per heavy atom. The highest BCUT2D eigenvalue weighted by molar-refractivity contribution is 5.97. The van der Waals surface area contributed by atoms with Crippen LogP contribution in [-0.4, -0.2) is 42.0 Å². The molecule has 2 rings (SSSR count). The van der Waals surface area contributed by atoms with E-state index in [1.165, 1.54) is 4.90 Å². The van der Waals surface area contributed by atoms with E-state index in [-0.39, 0.29) is 5.91 Å². The molecule has 25 heavy (non-hydrogen) atoms. The number of para-hydroxylation sites is 2. The first kappa shape index (κ1) is 18.8. The number of nitrogens with one attached hydrogen (secondary N) is 1. The van der Waals surface area contributed by atoms with E-state index < -0.39 is 18.0 Å². The minimum absolute atomic E-state index is 0.353. The molecule has 136 valence electrons. The molecule has 1 aliphatic rings. The first-order valence-corrected chi connectivity index (χ1v) is 7.90. The molecule has 1 aliphatic heterocycles. The highest BCUT2D eigenvalue weighted by atomic mass is 19.4. The Balaban J connectivity index is 2.06. The maximum absolute atomic E-state index is 12.5. The lowest BCUT2D eigenvalue weighted by molar-refractivity contribution is -0.165. The van der Waals surface area contributed by atoms with Gasteiger partial charge in [0.1, 0.15) is 11.8 Å². The van der Waals surface area contributed by atoms with Gasteiger partial charge in [-0.2, -0.15) is 13.2 Å². The predicted molar refractivity (Wildman–Crippen MR) is 86.2 cm³/mol. The summed E-state index contributed by atoms with van der Waals surface area (Å²) in [7, 11) is 0. The summed E-state index contributed by atoms with van der Waals surface area (Å²) in [5, 5.41) is 2.74. The van der Waals surface area contributed by atoms with Crippen molar-refractivity contribution in [3.8, 4) is 5.75 Å². The number of halogens is 3. The number of ether oxygens (including phenoxy) is 1. The number of benzene rings is 1. The number of anilines is 1. The fraction of sp³-hybridized carbons (Fsp3) is 0.412. The molecule has 1 saturated heterocycles. The molecule has 1 amide bonds. The predicted octanol–water partition coefficient (Wildman–Crippen LogP) is 3.13. The number of amides is 1. The lowest BCUT2D eigenvalue weighted by atomic mass is 10.2. The van der Waals surface area contributed by atoms with Gasteiger partial charge in [0, 0.05) is 18.8 Å². The fourth-order valence-electron chi connectivity index (χ4n) is 2.57. The van der Waals surface area contributed by atoms with Gasteiger partial charge in [-0.05, 0) is 31.9 Å². The molecule has 1 fully saturated rings. The summed E-state index contributed by atoms with van der Waals surface area (Å²) in [5.41, 5.74) is 0.497. The fourth-order valence-corrected chi connectivity index (χ4v) is 2.57. The number of alkyl halides is 3. The SMILES string of the molecule is CCOc1ccccc1NC(=O)[C@H]1CCCN1/C=C/C(=O)C(F)(F)F. The summed E-state index contributed by atoms with van der Waals surface area (Å²) in [4.78, 5) is 24.9. The monoisotopic (exact) mass is 356 g/mol. The van der Waals surface area contributed by atoms with Crippen molar-refractivity contribution in [2.24, 2.45) is 0 Å². The van der Waals surface area contributed by atoms with E-state index in [0.717, 1.165) is 6.20 Å². The van der Waals surface area contributed by atoms with Crippen molar-refractivity contribution in [2.75, 3.05) is 18.5 Å². The quantitative estimate of drug-likeness (QED) is 0.796. The Hall–Kier alpha value is -2.51. The average Bonchev–Trinajstić information content (AvgIpc) is 3.02. The number of ketones is 1. The van der Waals surface area contributed by atoms with E-state index in [4.69, 9.17) is 4.74 Å². The zero-order chi connectivity index (χ0) is 18.4. The smallest absolute Gasteiger partial charge is 0.454 e. The third-order valence-corrected chi connectivity index (χ3v) is 3.74. The van der Waals surface area contributed by atoms with Crippen LogP contribution in [0.5, 0.6) is 5.75 Å². The van der Waals surface area contributed by atoms with E-state index in [9.17, 15) is 22.8 Å². The summed E-state index contributed by atoms with van der Waals surface area (Å²) < 4.78 is 42.2. The molecular weight excluding hydrogens is 337 g/mol. The van der Waals surface area contributed by atoms with Gasteiger partial charge in [-0.15, -0.1) is 0 Å². The van der Waals surface area contributed by atoms with E-state index in [1.54, 1.807) is 24.3 Å². The molecule has 0 spiro atoms. The zero-order valence-corrected chi connectivity index (χ0v) is 13.7. The molecule has 0 aliphatic carbocycles. The van der Waals surface area contributed by atoms with Crippen LogP contribution in [0.1, 0.15) is 19.8 Å². The summed E-state index contributed by atoms with van der Waals surface area (Å²) in [6.07, 6.45) is -2.27. The number of carbonyl (C=O) groups excluding carboxylic acids is 2. The van der Waals surface area contributed by atoms with Gasteiger partial charge in [0.2, 0.25) is 5.91 Å². The molecule has 1 N–H and O–H groups in total. The van der Waals surface area contributed by atoms with Crippen molar-refractivity contribution in [3.05, 3.63) is 36.5 Å². The molecule has 0 unspecified atom stereocenters. The molecule has 0 saturated carbocycles. The summed E-state index contributed by atoms with van der Waals surface area (Å²) in [6, 6.07) is 6.28. The van der Waals surface area contributed by atoms with Crippen molar-refractivity contribution < 1.29 is 27.5 Å². The number of rotatable bonds is 6. The van der Waals surface area contributed by atoms with Gasteiger partial charge in [-0.3, -0.25) is 9.59 Å². The van der Waals surface area contributed by atoms with Crippen molar-refractivity contribution >= 4 is 17.4 Å². The topological polar surface area (TPSA) is 58.6 Å². The molecule has 1 aromatic rings. The molecule has 0 aromatic heterocycles. The minimum atomic E-state index is -4.91. The lowest BCUT2D eigenvalue weighted by Gasteiger charge is -2.22. The molecule has 8 heteroatoms. The molecule has 0 radical (unpaired) electrons. The summed E-state index contributed by atoms with van der Waals surface area (Å²) in [6.45, 7) is 2.66. The first-order valence-electron chi connectivity index (χ1n) is 7.90. The number of carbonyl (C=O) groups is 2. The van der Waals surface area contributed by atoms with Gasteiger partial charge in [-0.25, -0.2) is 0 Å². The second kappa shape index (κ2) is 8.04. The Bertz CT molecular complexity index is 659. The van der Waals surface area contributed by atoms with Crippen LogP contribution in [0.25, 0.3) is 0 Å². The number of hydrogen-bond acceptors (Lipinski definition) is 4. The van der Waals surface area contributed by atoms with Crippen LogP contribution in [0.15, 0.2) is 36.5 Å². The van der Waals surface area contributed by atoms with E-state index in [0.29, 0.717) is 43.5 Å². The van der Waals surface area contributed by atoms with Gasteiger partial charge >= 0.3 is 6.18 Å². The van der Waals surface area contributed by atoms with Crippen molar-refractivity contribution in [2.45, 2.75) is 32.0 Å². The van der Waals surface area contributed by atoms with E-state index >= 15 is 0 Å². The number of hydrogen-bond donors (Lipinski definition) is 1. The molecule has 0 bridgehead atoms. The Morgan fingerprint density at radius 3 is 2.76 bits per heavy atom. The lowest BCUT2D eigenvalue weighted by Crippen LogP contribution is -2.37. The summed E-state index contributed by atoms with van der Waals surface area (Å²) in [5.74, 6) is -1.78. The van der Waals surface area contributed by atoms with Gasteiger partial charge in [0.25, 0.3) is 5.78 Å². The molecule has 1 aromatic carbocycles. The van der Waals surface area contributed by atoms with Gasteiger partial charge in [-0.1, -0.05) is 12.1 Å². The molecule has 1 heterocycles. The Labute approximate surface area is 143 Å². The second-order valence-electron chi connectivity index (χ2n) is 5.49. The summed E-state index contributed by atoms with van der Waals surface area (Å²) >= 11 is 0. The number of allylic oxidation sites excluding steroid dienone is 1. The molecule has 1 atom stereocenters. The van der Waals surface area contributed by atoms with Crippen molar-refractivity contribution in [1.29, 1.82) is 0 Å². The third-order valence-electron chi connectivity index (χ3n) is 3.74. The van der Waals surface area contributed by atoms with Crippen LogP contribution in [-0.2, 0) is 9.59 Å². The standard InChI is InChI=1S/C17H19F3N2O3/c1-2-25-14-8-4-3-6-12(14)21-16(24)13-7-5-10-22(13)11-9-15(23)17(18,19)20/h3-4,6,8-9,11,13H,2,5,7,10H2,1H3,(H,21,24)/b11-9+/t13-/m1/s1. The van der Waals surface area contributed by atoms with Crippen LogP contribution in [0, 0.1) is 0 Å². The molecule has 5 nitrogen and oxygen atoms in total. The van der Waals surface area contributed by atoms with Gasteiger partial charge < -0.3 is 15.0 Å². The van der Waals surface area contributed by atoms with Crippen LogP contribution in [0.4, 0.5) is 18.9 Å². The number of nitrogens with zero attached hydrogens (tertiary/aromatic N) is 1. The van der Waals surface area contributed by atoms with Crippen LogP contribution >= 0.6 is 0 Å². The normalized spacial score (nSPS) is 17.8. The maximum Gasteiger partial charge on any atom is 0.454 e. The van der Waals surface area contributed by atoms with Crippen LogP contribution in [0.3, 0.4) is 0 Å².